The van der Waals surface area contributed by atoms with Crippen molar-refractivity contribution >= 4 is 0 Å². The lowest BCUT2D eigenvalue weighted by molar-refractivity contribution is 0.107. The van der Waals surface area contributed by atoms with Crippen LogP contribution < -0.4 is 10.1 Å². The second kappa shape index (κ2) is 7.19. The molecule has 0 radical (unpaired) electrons. The van der Waals surface area contributed by atoms with Gasteiger partial charge in [-0.15, -0.1) is 0 Å². The average Bonchev–Trinajstić information content (AvgIpc) is 2.27. The van der Waals surface area contributed by atoms with Gasteiger partial charge in [0.25, 0.3) is 0 Å². The monoisotopic (exact) mass is 249 g/mol. The zero-order chi connectivity index (χ0) is 13.5. The molecule has 1 atom stereocenters. The first-order valence-electron chi connectivity index (χ1n) is 6.22. The van der Waals surface area contributed by atoms with E-state index in [4.69, 9.17) is 4.74 Å². The van der Waals surface area contributed by atoms with Crippen molar-refractivity contribution in [1.29, 1.82) is 0 Å². The van der Waals surface area contributed by atoms with E-state index in [9.17, 15) is 5.11 Å². The predicted molar refractivity (Wildman–Crippen MR) is 75.1 cm³/mol. The van der Waals surface area contributed by atoms with Crippen molar-refractivity contribution in [2.24, 2.45) is 0 Å². The Morgan fingerprint density at radius 1 is 1.44 bits per heavy atom. The van der Waals surface area contributed by atoms with Gasteiger partial charge in [-0.05, 0) is 32.4 Å². The summed E-state index contributed by atoms with van der Waals surface area (Å²) in [5, 5.41) is 12.9. The first-order valence-corrected chi connectivity index (χ1v) is 6.22. The standard InChI is InChI=1S/C15H23NO2/c1-11(2)8-16-9-14(17)10-18-15-6-5-12(3)7-13(15)4/h5-7,14,16-17H,1,8-10H2,2-4H3. The van der Waals surface area contributed by atoms with Crippen LogP contribution in [0.5, 0.6) is 5.75 Å². The van der Waals surface area contributed by atoms with E-state index in [2.05, 4.69) is 18.0 Å². The molecule has 0 fully saturated rings. The molecule has 0 aliphatic heterocycles. The highest BCUT2D eigenvalue weighted by molar-refractivity contribution is 5.35. The molecule has 1 unspecified atom stereocenters. The molecule has 1 aromatic rings. The summed E-state index contributed by atoms with van der Waals surface area (Å²) in [6, 6.07) is 6.02. The van der Waals surface area contributed by atoms with Gasteiger partial charge in [-0.3, -0.25) is 0 Å². The van der Waals surface area contributed by atoms with Crippen LogP contribution in [-0.4, -0.2) is 30.9 Å². The Morgan fingerprint density at radius 3 is 2.78 bits per heavy atom. The lowest BCUT2D eigenvalue weighted by atomic mass is 10.1. The fourth-order valence-corrected chi connectivity index (χ4v) is 1.66. The van der Waals surface area contributed by atoms with Crippen LogP contribution in [0.4, 0.5) is 0 Å². The summed E-state index contributed by atoms with van der Waals surface area (Å²) in [5.41, 5.74) is 3.36. The summed E-state index contributed by atoms with van der Waals surface area (Å²) >= 11 is 0. The largest absolute Gasteiger partial charge is 0.491 e. The second-order valence-corrected chi connectivity index (χ2v) is 4.82. The van der Waals surface area contributed by atoms with E-state index in [0.29, 0.717) is 13.2 Å². The highest BCUT2D eigenvalue weighted by Gasteiger charge is 2.06. The Balaban J connectivity index is 2.33. The molecule has 1 rings (SSSR count). The molecule has 0 saturated carbocycles. The molecule has 0 amide bonds. The number of benzene rings is 1. The Kier molecular flexibility index (Phi) is 5.89. The Hall–Kier alpha value is -1.32. The molecule has 3 nitrogen and oxygen atoms in total. The zero-order valence-corrected chi connectivity index (χ0v) is 11.5. The Labute approximate surface area is 109 Å². The maximum Gasteiger partial charge on any atom is 0.122 e. The highest BCUT2D eigenvalue weighted by Crippen LogP contribution is 2.18. The van der Waals surface area contributed by atoms with Crippen LogP contribution in [-0.2, 0) is 0 Å². The molecule has 18 heavy (non-hydrogen) atoms. The predicted octanol–water partition coefficient (Wildman–Crippen LogP) is 2.21. The molecule has 3 heteroatoms. The third kappa shape index (κ3) is 5.34. The molecule has 100 valence electrons. The van der Waals surface area contributed by atoms with E-state index < -0.39 is 6.10 Å². The number of rotatable bonds is 7. The summed E-state index contributed by atoms with van der Waals surface area (Å²) in [7, 11) is 0. The maximum atomic E-state index is 9.75. The molecule has 0 aromatic heterocycles. The number of aliphatic hydroxyl groups excluding tert-OH is 1. The third-order valence-corrected chi connectivity index (χ3v) is 2.57. The van der Waals surface area contributed by atoms with Crippen molar-refractivity contribution in [2.75, 3.05) is 19.7 Å². The highest BCUT2D eigenvalue weighted by atomic mass is 16.5. The van der Waals surface area contributed by atoms with Crippen molar-refractivity contribution in [3.63, 3.8) is 0 Å². The maximum absolute atomic E-state index is 9.75. The SMILES string of the molecule is C=C(C)CNCC(O)COc1ccc(C)cc1C. The van der Waals surface area contributed by atoms with Crippen LogP contribution in [0.25, 0.3) is 0 Å². The molecule has 0 aliphatic rings. The van der Waals surface area contributed by atoms with Crippen LogP contribution in [0, 0.1) is 13.8 Å². The van der Waals surface area contributed by atoms with E-state index in [1.54, 1.807) is 0 Å². The van der Waals surface area contributed by atoms with Gasteiger partial charge in [0.15, 0.2) is 0 Å². The molecule has 2 N–H and O–H groups in total. The minimum absolute atomic E-state index is 0.299. The van der Waals surface area contributed by atoms with Gasteiger partial charge in [-0.25, -0.2) is 0 Å². The molecule has 0 heterocycles. The van der Waals surface area contributed by atoms with E-state index in [-0.39, 0.29) is 0 Å². The lowest BCUT2D eigenvalue weighted by Gasteiger charge is -2.14. The van der Waals surface area contributed by atoms with E-state index in [0.717, 1.165) is 23.4 Å². The second-order valence-electron chi connectivity index (χ2n) is 4.82. The van der Waals surface area contributed by atoms with Gasteiger partial charge in [0, 0.05) is 13.1 Å². The van der Waals surface area contributed by atoms with Gasteiger partial charge < -0.3 is 15.2 Å². The first-order chi connectivity index (χ1) is 8.49. The van der Waals surface area contributed by atoms with E-state index in [1.165, 1.54) is 5.56 Å². The summed E-state index contributed by atoms with van der Waals surface area (Å²) in [5.74, 6) is 0.833. The Bertz CT molecular complexity index is 401. The van der Waals surface area contributed by atoms with Crippen molar-refractivity contribution in [2.45, 2.75) is 26.9 Å². The number of hydrogen-bond acceptors (Lipinski definition) is 3. The van der Waals surface area contributed by atoms with Crippen LogP contribution >= 0.6 is 0 Å². The molecule has 0 bridgehead atoms. The number of ether oxygens (including phenoxy) is 1. The minimum atomic E-state index is -0.509. The lowest BCUT2D eigenvalue weighted by Crippen LogP contribution is -2.32. The van der Waals surface area contributed by atoms with Crippen LogP contribution in [0.1, 0.15) is 18.1 Å². The molecule has 0 spiro atoms. The number of aliphatic hydroxyl groups is 1. The normalized spacial score (nSPS) is 12.2. The van der Waals surface area contributed by atoms with Gasteiger partial charge >= 0.3 is 0 Å². The van der Waals surface area contributed by atoms with Crippen molar-refractivity contribution < 1.29 is 9.84 Å². The Morgan fingerprint density at radius 2 is 2.17 bits per heavy atom. The summed E-state index contributed by atoms with van der Waals surface area (Å²) in [4.78, 5) is 0. The van der Waals surface area contributed by atoms with Gasteiger partial charge in [-0.2, -0.15) is 0 Å². The van der Waals surface area contributed by atoms with E-state index >= 15 is 0 Å². The molecule has 1 aromatic carbocycles. The van der Waals surface area contributed by atoms with Crippen molar-refractivity contribution in [3.8, 4) is 5.75 Å². The fourth-order valence-electron chi connectivity index (χ4n) is 1.66. The first kappa shape index (κ1) is 14.7. The number of hydrogen-bond donors (Lipinski definition) is 2. The van der Waals surface area contributed by atoms with Gasteiger partial charge in [-0.1, -0.05) is 29.8 Å². The number of nitrogens with one attached hydrogen (secondary N) is 1. The molecular weight excluding hydrogens is 226 g/mol. The zero-order valence-electron chi connectivity index (χ0n) is 11.5. The summed E-state index contributed by atoms with van der Waals surface area (Å²) < 4.78 is 5.60. The smallest absolute Gasteiger partial charge is 0.122 e. The molecular formula is C15H23NO2. The van der Waals surface area contributed by atoms with Crippen LogP contribution in [0.15, 0.2) is 30.4 Å². The van der Waals surface area contributed by atoms with Crippen molar-refractivity contribution in [3.05, 3.63) is 41.5 Å². The minimum Gasteiger partial charge on any atom is -0.491 e. The van der Waals surface area contributed by atoms with E-state index in [1.807, 2.05) is 32.9 Å². The summed E-state index contributed by atoms with van der Waals surface area (Å²) in [6.45, 7) is 11.3. The molecule has 0 aliphatic carbocycles. The van der Waals surface area contributed by atoms with Crippen LogP contribution in [0.3, 0.4) is 0 Å². The van der Waals surface area contributed by atoms with Crippen molar-refractivity contribution in [1.82, 2.24) is 5.32 Å². The van der Waals surface area contributed by atoms with Crippen LogP contribution in [0.2, 0.25) is 0 Å². The third-order valence-electron chi connectivity index (χ3n) is 2.57. The summed E-state index contributed by atoms with van der Waals surface area (Å²) in [6.07, 6.45) is -0.509. The topological polar surface area (TPSA) is 41.5 Å². The number of aryl methyl sites for hydroxylation is 2. The molecule has 0 saturated heterocycles. The fraction of sp³-hybridized carbons (Fsp3) is 0.467. The van der Waals surface area contributed by atoms with Gasteiger partial charge in [0.05, 0.1) is 0 Å². The quantitative estimate of drug-likeness (QED) is 0.728. The average molecular weight is 249 g/mol. The van der Waals surface area contributed by atoms with Gasteiger partial charge in [0.2, 0.25) is 0 Å². The van der Waals surface area contributed by atoms with Gasteiger partial charge in [0.1, 0.15) is 18.5 Å².